The van der Waals surface area contributed by atoms with Gasteiger partial charge in [0.2, 0.25) is 0 Å². The van der Waals surface area contributed by atoms with Crippen LogP contribution in [0.5, 0.6) is 0 Å². The van der Waals surface area contributed by atoms with E-state index in [1.54, 1.807) is 12.1 Å². The number of benzene rings is 1. The molecule has 0 atom stereocenters. The molecule has 1 aromatic heterocycles. The molecule has 1 N–H and O–H groups in total. The highest BCUT2D eigenvalue weighted by Crippen LogP contribution is 2.22. The Bertz CT molecular complexity index is 594. The van der Waals surface area contributed by atoms with E-state index in [1.807, 2.05) is 0 Å². The summed E-state index contributed by atoms with van der Waals surface area (Å²) >= 11 is 0. The van der Waals surface area contributed by atoms with Crippen LogP contribution >= 0.6 is 0 Å². The van der Waals surface area contributed by atoms with Crippen molar-refractivity contribution in [1.29, 1.82) is 0 Å². The molecular formula is C16H24FN3. The standard InChI is InChI=1S/C16H24FN3/c1-11(2)20-14-10-12(17)6-7-13(14)19-15(20)8-9-18-16(3,4)5/h6-7,10-11,18H,8-9H2,1-5H3. The van der Waals surface area contributed by atoms with Crippen LogP contribution in [0.3, 0.4) is 0 Å². The smallest absolute Gasteiger partial charge is 0.125 e. The topological polar surface area (TPSA) is 29.9 Å². The number of aromatic nitrogens is 2. The van der Waals surface area contributed by atoms with Gasteiger partial charge in [0.15, 0.2) is 0 Å². The highest BCUT2D eigenvalue weighted by molar-refractivity contribution is 5.76. The quantitative estimate of drug-likeness (QED) is 0.923. The zero-order valence-corrected chi connectivity index (χ0v) is 13.0. The molecule has 0 unspecified atom stereocenters. The van der Waals surface area contributed by atoms with Crippen LogP contribution in [0.1, 0.15) is 46.5 Å². The van der Waals surface area contributed by atoms with Gasteiger partial charge in [-0.1, -0.05) is 0 Å². The minimum absolute atomic E-state index is 0.0980. The number of nitrogens with one attached hydrogen (secondary N) is 1. The summed E-state index contributed by atoms with van der Waals surface area (Å²) in [6.07, 6.45) is 0.839. The Hall–Kier alpha value is -1.42. The Labute approximate surface area is 120 Å². The summed E-state index contributed by atoms with van der Waals surface area (Å²) in [4.78, 5) is 4.65. The first-order valence-corrected chi connectivity index (χ1v) is 7.19. The second kappa shape index (κ2) is 5.52. The number of halogens is 1. The van der Waals surface area contributed by atoms with Crippen LogP contribution in [0.4, 0.5) is 4.39 Å². The maximum absolute atomic E-state index is 13.4. The Kier molecular flexibility index (Phi) is 4.14. The van der Waals surface area contributed by atoms with E-state index in [0.29, 0.717) is 0 Å². The minimum atomic E-state index is -0.210. The van der Waals surface area contributed by atoms with Crippen molar-refractivity contribution >= 4 is 11.0 Å². The fourth-order valence-electron chi connectivity index (χ4n) is 2.42. The van der Waals surface area contributed by atoms with Crippen LogP contribution in [-0.2, 0) is 6.42 Å². The average molecular weight is 277 g/mol. The van der Waals surface area contributed by atoms with Crippen molar-refractivity contribution < 1.29 is 4.39 Å². The van der Waals surface area contributed by atoms with Crippen LogP contribution < -0.4 is 5.32 Å². The molecule has 0 radical (unpaired) electrons. The van der Waals surface area contributed by atoms with Gasteiger partial charge < -0.3 is 9.88 Å². The van der Waals surface area contributed by atoms with E-state index in [1.165, 1.54) is 6.07 Å². The van der Waals surface area contributed by atoms with Gasteiger partial charge in [-0.3, -0.25) is 0 Å². The summed E-state index contributed by atoms with van der Waals surface area (Å²) < 4.78 is 15.6. The van der Waals surface area contributed by atoms with E-state index >= 15 is 0 Å². The van der Waals surface area contributed by atoms with Gasteiger partial charge in [-0.2, -0.15) is 0 Å². The lowest BCUT2D eigenvalue weighted by atomic mass is 10.1. The number of hydrogen-bond acceptors (Lipinski definition) is 2. The van der Waals surface area contributed by atoms with Crippen LogP contribution in [-0.4, -0.2) is 21.6 Å². The molecule has 0 amide bonds. The van der Waals surface area contributed by atoms with Crippen molar-refractivity contribution in [3.8, 4) is 0 Å². The van der Waals surface area contributed by atoms with Gasteiger partial charge in [-0.25, -0.2) is 9.37 Å². The van der Waals surface area contributed by atoms with Gasteiger partial charge in [0.1, 0.15) is 11.6 Å². The van der Waals surface area contributed by atoms with Crippen molar-refractivity contribution in [2.45, 2.75) is 52.6 Å². The van der Waals surface area contributed by atoms with E-state index in [0.717, 1.165) is 29.8 Å². The second-order valence-electron chi connectivity index (χ2n) is 6.55. The predicted octanol–water partition coefficient (Wildman–Crippen LogP) is 3.69. The van der Waals surface area contributed by atoms with Gasteiger partial charge in [-0.05, 0) is 52.8 Å². The van der Waals surface area contributed by atoms with Gasteiger partial charge in [0.25, 0.3) is 0 Å². The summed E-state index contributed by atoms with van der Waals surface area (Å²) in [7, 11) is 0. The molecule has 0 saturated carbocycles. The largest absolute Gasteiger partial charge is 0.325 e. The molecule has 0 spiro atoms. The van der Waals surface area contributed by atoms with Crippen molar-refractivity contribution in [3.05, 3.63) is 29.8 Å². The van der Waals surface area contributed by atoms with Gasteiger partial charge in [-0.15, -0.1) is 0 Å². The Morgan fingerprint density at radius 3 is 2.60 bits per heavy atom. The number of fused-ring (bicyclic) bond motifs is 1. The normalized spacial score (nSPS) is 12.6. The third kappa shape index (κ3) is 3.37. The fourth-order valence-corrected chi connectivity index (χ4v) is 2.42. The second-order valence-corrected chi connectivity index (χ2v) is 6.55. The zero-order valence-electron chi connectivity index (χ0n) is 13.0. The van der Waals surface area contributed by atoms with Gasteiger partial charge in [0.05, 0.1) is 11.0 Å². The van der Waals surface area contributed by atoms with Gasteiger partial charge >= 0.3 is 0 Å². The predicted molar refractivity (Wildman–Crippen MR) is 81.5 cm³/mol. The first kappa shape index (κ1) is 15.0. The number of imidazole rings is 1. The van der Waals surface area contributed by atoms with E-state index in [2.05, 4.69) is 49.5 Å². The van der Waals surface area contributed by atoms with E-state index in [9.17, 15) is 4.39 Å². The maximum Gasteiger partial charge on any atom is 0.125 e. The Morgan fingerprint density at radius 1 is 1.30 bits per heavy atom. The maximum atomic E-state index is 13.4. The average Bonchev–Trinajstić information content (AvgIpc) is 2.64. The van der Waals surface area contributed by atoms with Gasteiger partial charge in [0, 0.05) is 24.5 Å². The lowest BCUT2D eigenvalue weighted by molar-refractivity contribution is 0.424. The summed E-state index contributed by atoms with van der Waals surface area (Å²) in [6, 6.07) is 5.07. The lowest BCUT2D eigenvalue weighted by Gasteiger charge is -2.21. The highest BCUT2D eigenvalue weighted by atomic mass is 19.1. The third-order valence-corrected chi connectivity index (χ3v) is 3.24. The molecule has 2 rings (SSSR count). The number of nitrogens with zero attached hydrogens (tertiary/aromatic N) is 2. The molecule has 20 heavy (non-hydrogen) atoms. The molecule has 1 aromatic carbocycles. The molecule has 0 aliphatic heterocycles. The van der Waals surface area contributed by atoms with Crippen molar-refractivity contribution in [2.24, 2.45) is 0 Å². The number of hydrogen-bond donors (Lipinski definition) is 1. The first-order valence-electron chi connectivity index (χ1n) is 7.19. The monoisotopic (exact) mass is 277 g/mol. The summed E-state index contributed by atoms with van der Waals surface area (Å²) in [6.45, 7) is 11.5. The van der Waals surface area contributed by atoms with Crippen LogP contribution in [0.25, 0.3) is 11.0 Å². The first-order chi connectivity index (χ1) is 9.28. The molecule has 4 heteroatoms. The summed E-state index contributed by atoms with van der Waals surface area (Å²) in [5.74, 6) is 0.802. The Morgan fingerprint density at radius 2 is 2.00 bits per heavy atom. The molecule has 110 valence electrons. The lowest BCUT2D eigenvalue weighted by Crippen LogP contribution is -2.37. The summed E-state index contributed by atoms with van der Waals surface area (Å²) in [5.41, 5.74) is 1.84. The molecule has 0 aliphatic rings. The molecule has 0 bridgehead atoms. The zero-order chi connectivity index (χ0) is 14.9. The molecule has 0 saturated heterocycles. The van der Waals surface area contributed by atoms with Crippen molar-refractivity contribution in [3.63, 3.8) is 0 Å². The molecule has 2 aromatic rings. The fraction of sp³-hybridized carbons (Fsp3) is 0.562. The minimum Gasteiger partial charge on any atom is -0.325 e. The van der Waals surface area contributed by atoms with Crippen molar-refractivity contribution in [2.75, 3.05) is 6.54 Å². The third-order valence-electron chi connectivity index (χ3n) is 3.24. The van der Waals surface area contributed by atoms with Crippen molar-refractivity contribution in [1.82, 2.24) is 14.9 Å². The van der Waals surface area contributed by atoms with Crippen LogP contribution in [0.2, 0.25) is 0 Å². The summed E-state index contributed by atoms with van der Waals surface area (Å²) in [5, 5.41) is 3.46. The molecule has 0 fully saturated rings. The van der Waals surface area contributed by atoms with E-state index < -0.39 is 0 Å². The van der Waals surface area contributed by atoms with E-state index in [4.69, 9.17) is 0 Å². The molecule has 0 aliphatic carbocycles. The molecule has 3 nitrogen and oxygen atoms in total. The van der Waals surface area contributed by atoms with Crippen LogP contribution in [0, 0.1) is 5.82 Å². The number of rotatable bonds is 4. The van der Waals surface area contributed by atoms with Crippen LogP contribution in [0.15, 0.2) is 18.2 Å². The SMILES string of the molecule is CC(C)n1c(CCNC(C)(C)C)nc2ccc(F)cc21. The highest BCUT2D eigenvalue weighted by Gasteiger charge is 2.15. The van der Waals surface area contributed by atoms with E-state index in [-0.39, 0.29) is 17.4 Å². The molecule has 1 heterocycles. The molecular weight excluding hydrogens is 253 g/mol. The Balaban J connectivity index is 2.30.